The van der Waals surface area contributed by atoms with E-state index in [9.17, 15) is 18.0 Å². The molecule has 0 spiro atoms. The minimum atomic E-state index is -4.02. The van der Waals surface area contributed by atoms with Crippen molar-refractivity contribution in [2.24, 2.45) is 4.40 Å². The molecule has 1 saturated heterocycles. The summed E-state index contributed by atoms with van der Waals surface area (Å²) in [5.41, 5.74) is 1.48. The molecule has 2 aromatic rings. The number of amides is 2. The summed E-state index contributed by atoms with van der Waals surface area (Å²) in [6, 6.07) is 13.1. The van der Waals surface area contributed by atoms with E-state index in [2.05, 4.69) is 16.3 Å². The number of anilines is 1. The first-order valence-electron chi connectivity index (χ1n) is 9.68. The Kier molecular flexibility index (Phi) is 7.37. The van der Waals surface area contributed by atoms with Gasteiger partial charge in [0, 0.05) is 18.7 Å². The highest BCUT2D eigenvalue weighted by molar-refractivity contribution is 8.16. The number of sulfonamides is 1. The number of nitrogens with one attached hydrogen (secondary N) is 1. The lowest BCUT2D eigenvalue weighted by molar-refractivity contribution is -0.127. The van der Waals surface area contributed by atoms with Gasteiger partial charge in [-0.05, 0) is 43.3 Å². The summed E-state index contributed by atoms with van der Waals surface area (Å²) in [4.78, 5) is 26.6. The third kappa shape index (κ3) is 5.57. The van der Waals surface area contributed by atoms with Crippen LogP contribution in [0.2, 0.25) is 0 Å². The Bertz CT molecular complexity index is 1140. The van der Waals surface area contributed by atoms with Crippen molar-refractivity contribution in [2.75, 3.05) is 19.0 Å². The molecule has 1 fully saturated rings. The summed E-state index contributed by atoms with van der Waals surface area (Å²) < 4.78 is 34.4. The van der Waals surface area contributed by atoms with Crippen LogP contribution in [0.15, 0.2) is 70.5 Å². The lowest BCUT2D eigenvalue weighted by atomic mass is 10.2. The predicted molar refractivity (Wildman–Crippen MR) is 125 cm³/mol. The number of thioether (sulfide) groups is 1. The minimum Gasteiger partial charge on any atom is -0.497 e. The second kappa shape index (κ2) is 10.0. The van der Waals surface area contributed by atoms with Crippen molar-refractivity contribution in [1.82, 2.24) is 4.90 Å². The highest BCUT2D eigenvalue weighted by Gasteiger charge is 2.39. The van der Waals surface area contributed by atoms with E-state index in [0.29, 0.717) is 11.4 Å². The number of ether oxygens (including phenoxy) is 1. The predicted octanol–water partition coefficient (Wildman–Crippen LogP) is 3.21. The van der Waals surface area contributed by atoms with Gasteiger partial charge in [0.25, 0.3) is 10.0 Å². The largest absolute Gasteiger partial charge is 0.497 e. The third-order valence-corrected chi connectivity index (χ3v) is 7.17. The van der Waals surface area contributed by atoms with Gasteiger partial charge in [0.15, 0.2) is 5.17 Å². The Morgan fingerprint density at radius 1 is 1.22 bits per heavy atom. The lowest BCUT2D eigenvalue weighted by Gasteiger charge is -2.13. The number of carbonyl (C=O) groups excluding carboxylic acids is 2. The van der Waals surface area contributed by atoms with E-state index >= 15 is 0 Å². The molecule has 1 N–H and O–H groups in total. The molecule has 0 aliphatic carbocycles. The Morgan fingerprint density at radius 2 is 1.88 bits per heavy atom. The zero-order chi connectivity index (χ0) is 23.3. The van der Waals surface area contributed by atoms with Crippen molar-refractivity contribution in [2.45, 2.75) is 23.5 Å². The molecular weight excluding hydrogens is 450 g/mol. The standard InChI is InChI=1S/C22H23N3O5S2/c1-4-13-25-21(27)19(14-20(26)23-16-7-9-17(30-3)10-8-16)31-22(25)24-32(28,29)18-11-5-15(2)6-12-18/h4-12,19H,1,13-14H2,2-3H3,(H,23,26)/t19-/m0/s1. The molecule has 8 nitrogen and oxygen atoms in total. The smallest absolute Gasteiger partial charge is 0.284 e. The quantitative estimate of drug-likeness (QED) is 0.591. The fourth-order valence-electron chi connectivity index (χ4n) is 2.93. The topological polar surface area (TPSA) is 105 Å². The van der Waals surface area contributed by atoms with E-state index in [0.717, 1.165) is 17.3 Å². The number of benzene rings is 2. The first kappa shape index (κ1) is 23.6. The van der Waals surface area contributed by atoms with E-state index in [4.69, 9.17) is 4.74 Å². The van der Waals surface area contributed by atoms with Crippen LogP contribution < -0.4 is 10.1 Å². The van der Waals surface area contributed by atoms with E-state index in [1.807, 2.05) is 6.92 Å². The molecule has 2 amide bonds. The Hall–Kier alpha value is -3.11. The highest BCUT2D eigenvalue weighted by atomic mass is 32.2. The summed E-state index contributed by atoms with van der Waals surface area (Å²) >= 11 is 0.955. The molecule has 1 aliphatic heterocycles. The molecule has 0 saturated carbocycles. The second-order valence-electron chi connectivity index (χ2n) is 6.99. The number of amidine groups is 1. The number of aryl methyl sites for hydroxylation is 1. The summed E-state index contributed by atoms with van der Waals surface area (Å²) in [6.07, 6.45) is 1.35. The second-order valence-corrected chi connectivity index (χ2v) is 9.76. The molecule has 168 valence electrons. The van der Waals surface area contributed by atoms with E-state index < -0.39 is 21.2 Å². The molecule has 1 aliphatic rings. The van der Waals surface area contributed by atoms with Gasteiger partial charge in [-0.2, -0.15) is 8.42 Å². The molecule has 0 bridgehead atoms. The molecule has 0 unspecified atom stereocenters. The Balaban J connectivity index is 1.76. The fourth-order valence-corrected chi connectivity index (χ4v) is 5.29. The SMILES string of the molecule is C=CCN1C(=O)[C@H](CC(=O)Nc2ccc(OC)cc2)SC1=NS(=O)(=O)c1ccc(C)cc1. The van der Waals surface area contributed by atoms with Crippen LogP contribution in [0, 0.1) is 6.92 Å². The zero-order valence-electron chi connectivity index (χ0n) is 17.6. The first-order valence-corrected chi connectivity index (χ1v) is 12.0. The van der Waals surface area contributed by atoms with Gasteiger partial charge >= 0.3 is 0 Å². The molecule has 0 aromatic heterocycles. The van der Waals surface area contributed by atoms with E-state index in [-0.39, 0.29) is 28.9 Å². The van der Waals surface area contributed by atoms with Gasteiger partial charge in [-0.1, -0.05) is 35.5 Å². The van der Waals surface area contributed by atoms with Crippen LogP contribution >= 0.6 is 11.8 Å². The van der Waals surface area contributed by atoms with Crippen molar-refractivity contribution in [1.29, 1.82) is 0 Å². The average Bonchev–Trinajstić information content (AvgIpc) is 3.03. The van der Waals surface area contributed by atoms with Crippen molar-refractivity contribution < 1.29 is 22.7 Å². The van der Waals surface area contributed by atoms with Crippen LogP contribution in [0.3, 0.4) is 0 Å². The monoisotopic (exact) mass is 473 g/mol. The van der Waals surface area contributed by atoms with Crippen molar-refractivity contribution in [3.63, 3.8) is 0 Å². The number of hydrogen-bond acceptors (Lipinski definition) is 6. The van der Waals surface area contributed by atoms with Crippen molar-refractivity contribution in [3.05, 3.63) is 66.7 Å². The van der Waals surface area contributed by atoms with Crippen LogP contribution in [0.25, 0.3) is 0 Å². The summed E-state index contributed by atoms with van der Waals surface area (Å²) in [5, 5.41) is 1.96. The summed E-state index contributed by atoms with van der Waals surface area (Å²) in [6.45, 7) is 5.55. The molecule has 10 heteroatoms. The number of methoxy groups -OCH3 is 1. The summed E-state index contributed by atoms with van der Waals surface area (Å²) in [7, 11) is -2.47. The van der Waals surface area contributed by atoms with Crippen LogP contribution in [-0.2, 0) is 19.6 Å². The number of hydrogen-bond donors (Lipinski definition) is 1. The molecule has 32 heavy (non-hydrogen) atoms. The Labute approximate surface area is 191 Å². The van der Waals surface area contributed by atoms with Gasteiger partial charge < -0.3 is 10.1 Å². The average molecular weight is 474 g/mol. The molecule has 0 radical (unpaired) electrons. The van der Waals surface area contributed by atoms with E-state index in [1.54, 1.807) is 43.5 Å². The highest BCUT2D eigenvalue weighted by Crippen LogP contribution is 2.31. The zero-order valence-corrected chi connectivity index (χ0v) is 19.3. The van der Waals surface area contributed by atoms with Crippen molar-refractivity contribution >= 4 is 44.5 Å². The van der Waals surface area contributed by atoms with Gasteiger partial charge in [-0.25, -0.2) is 0 Å². The number of carbonyl (C=O) groups is 2. The minimum absolute atomic E-state index is 0.0257. The van der Waals surface area contributed by atoms with E-state index in [1.165, 1.54) is 23.1 Å². The van der Waals surface area contributed by atoms with Crippen LogP contribution in [0.4, 0.5) is 5.69 Å². The number of rotatable bonds is 8. The molecule has 1 heterocycles. The molecule has 1 atom stereocenters. The van der Waals surface area contributed by atoms with Gasteiger partial charge in [0.2, 0.25) is 11.8 Å². The molecular formula is C22H23N3O5S2. The molecule has 3 rings (SSSR count). The number of nitrogens with zero attached hydrogens (tertiary/aromatic N) is 2. The van der Waals surface area contributed by atoms with Crippen LogP contribution in [0.1, 0.15) is 12.0 Å². The maximum atomic E-state index is 12.8. The fraction of sp³-hybridized carbons (Fsp3) is 0.227. The van der Waals surface area contributed by atoms with Crippen LogP contribution in [-0.4, -0.2) is 49.2 Å². The lowest BCUT2D eigenvalue weighted by Crippen LogP contribution is -2.33. The van der Waals surface area contributed by atoms with Gasteiger partial charge in [-0.15, -0.1) is 11.0 Å². The Morgan fingerprint density at radius 3 is 2.47 bits per heavy atom. The maximum Gasteiger partial charge on any atom is 0.284 e. The van der Waals surface area contributed by atoms with Crippen LogP contribution in [0.5, 0.6) is 5.75 Å². The first-order chi connectivity index (χ1) is 15.2. The third-order valence-electron chi connectivity index (χ3n) is 4.59. The normalized spacial score (nSPS) is 17.4. The summed E-state index contributed by atoms with van der Waals surface area (Å²) in [5.74, 6) is -0.111. The van der Waals surface area contributed by atoms with Gasteiger partial charge in [0.05, 0.1) is 12.0 Å². The molecule has 2 aromatic carbocycles. The van der Waals surface area contributed by atoms with Crippen molar-refractivity contribution in [3.8, 4) is 5.75 Å². The maximum absolute atomic E-state index is 12.8. The van der Waals surface area contributed by atoms with Gasteiger partial charge in [0.1, 0.15) is 11.0 Å². The van der Waals surface area contributed by atoms with Gasteiger partial charge in [-0.3, -0.25) is 14.5 Å².